The van der Waals surface area contributed by atoms with Gasteiger partial charge in [-0.2, -0.15) is 0 Å². The standard InChI is InChI=1S/C10H21NO5S/c1-4-14-5-6-17(12,13)11-7-9-8-15-10(2,3)16-9/h9,11H,4-8H2,1-3H3. The molecule has 102 valence electrons. The topological polar surface area (TPSA) is 73.9 Å². The van der Waals surface area contributed by atoms with Crippen LogP contribution in [0, 0.1) is 0 Å². The maximum Gasteiger partial charge on any atom is 0.213 e. The molecule has 0 saturated carbocycles. The average Bonchev–Trinajstić information content (AvgIpc) is 2.56. The molecule has 0 amide bonds. The number of hydrogen-bond donors (Lipinski definition) is 1. The van der Waals surface area contributed by atoms with Crippen LogP contribution >= 0.6 is 0 Å². The fourth-order valence-corrected chi connectivity index (χ4v) is 2.39. The molecule has 17 heavy (non-hydrogen) atoms. The lowest BCUT2D eigenvalue weighted by molar-refractivity contribution is -0.137. The van der Waals surface area contributed by atoms with Gasteiger partial charge in [-0.05, 0) is 20.8 Å². The molecule has 1 unspecified atom stereocenters. The van der Waals surface area contributed by atoms with Crippen LogP contribution in [0.3, 0.4) is 0 Å². The Morgan fingerprint density at radius 1 is 1.47 bits per heavy atom. The summed E-state index contributed by atoms with van der Waals surface area (Å²) in [6, 6.07) is 0. The van der Waals surface area contributed by atoms with E-state index in [0.29, 0.717) is 13.2 Å². The van der Waals surface area contributed by atoms with Crippen molar-refractivity contribution in [2.45, 2.75) is 32.7 Å². The van der Waals surface area contributed by atoms with Crippen LogP contribution in [0.1, 0.15) is 20.8 Å². The monoisotopic (exact) mass is 267 g/mol. The third-order valence-electron chi connectivity index (χ3n) is 2.30. The fraction of sp³-hybridized carbons (Fsp3) is 1.00. The lowest BCUT2D eigenvalue weighted by Gasteiger charge is -2.17. The highest BCUT2D eigenvalue weighted by molar-refractivity contribution is 7.89. The number of hydrogen-bond acceptors (Lipinski definition) is 5. The molecular weight excluding hydrogens is 246 g/mol. The third-order valence-corrected chi connectivity index (χ3v) is 3.61. The van der Waals surface area contributed by atoms with E-state index >= 15 is 0 Å². The van der Waals surface area contributed by atoms with Crippen molar-refractivity contribution in [3.05, 3.63) is 0 Å². The summed E-state index contributed by atoms with van der Waals surface area (Å²) in [6.45, 7) is 6.79. The van der Waals surface area contributed by atoms with Crippen molar-refractivity contribution in [3.8, 4) is 0 Å². The highest BCUT2D eigenvalue weighted by Gasteiger charge is 2.32. The summed E-state index contributed by atoms with van der Waals surface area (Å²) in [6.07, 6.45) is -0.230. The molecule has 0 aromatic rings. The van der Waals surface area contributed by atoms with E-state index in [1.54, 1.807) is 13.8 Å². The van der Waals surface area contributed by atoms with E-state index in [9.17, 15) is 8.42 Å². The van der Waals surface area contributed by atoms with Crippen molar-refractivity contribution in [3.63, 3.8) is 0 Å². The predicted octanol–water partition coefficient (Wildman–Crippen LogP) is 0.0938. The van der Waals surface area contributed by atoms with Crippen molar-refractivity contribution in [2.24, 2.45) is 0 Å². The van der Waals surface area contributed by atoms with Gasteiger partial charge in [0, 0.05) is 13.2 Å². The number of nitrogens with one attached hydrogen (secondary N) is 1. The van der Waals surface area contributed by atoms with Crippen LogP contribution in [0.15, 0.2) is 0 Å². The summed E-state index contributed by atoms with van der Waals surface area (Å²) in [5.74, 6) is -0.654. The lowest BCUT2D eigenvalue weighted by atomic mass is 10.4. The molecule has 0 radical (unpaired) electrons. The Hall–Kier alpha value is -0.210. The summed E-state index contributed by atoms with van der Waals surface area (Å²) < 4.78 is 41.4. The van der Waals surface area contributed by atoms with E-state index in [0.717, 1.165) is 0 Å². The Bertz CT molecular complexity index is 328. The van der Waals surface area contributed by atoms with Crippen LogP contribution < -0.4 is 4.72 Å². The van der Waals surface area contributed by atoms with Crippen LogP contribution in [-0.2, 0) is 24.2 Å². The molecule has 1 N–H and O–H groups in total. The molecule has 0 bridgehead atoms. The molecule has 1 aliphatic heterocycles. The van der Waals surface area contributed by atoms with E-state index < -0.39 is 15.8 Å². The van der Waals surface area contributed by atoms with Gasteiger partial charge in [-0.15, -0.1) is 0 Å². The first-order valence-corrected chi connectivity index (χ1v) is 7.37. The molecule has 1 heterocycles. The predicted molar refractivity (Wildman–Crippen MR) is 63.2 cm³/mol. The van der Waals surface area contributed by atoms with Gasteiger partial charge in [0.25, 0.3) is 0 Å². The lowest BCUT2D eigenvalue weighted by Crippen LogP contribution is -2.36. The molecule has 1 atom stereocenters. The van der Waals surface area contributed by atoms with E-state index in [1.165, 1.54) is 0 Å². The van der Waals surface area contributed by atoms with E-state index in [4.69, 9.17) is 14.2 Å². The quantitative estimate of drug-likeness (QED) is 0.662. The van der Waals surface area contributed by atoms with Gasteiger partial charge in [0.15, 0.2) is 5.79 Å². The summed E-state index contributed by atoms with van der Waals surface area (Å²) in [5.41, 5.74) is 0. The molecule has 1 aliphatic rings. The first-order chi connectivity index (χ1) is 7.85. The summed E-state index contributed by atoms with van der Waals surface area (Å²) in [7, 11) is -3.29. The summed E-state index contributed by atoms with van der Waals surface area (Å²) in [4.78, 5) is 0. The smallest absolute Gasteiger partial charge is 0.213 e. The number of sulfonamides is 1. The largest absolute Gasteiger partial charge is 0.381 e. The molecule has 1 rings (SSSR count). The Morgan fingerprint density at radius 3 is 2.71 bits per heavy atom. The van der Waals surface area contributed by atoms with Crippen molar-refractivity contribution in [1.29, 1.82) is 0 Å². The Morgan fingerprint density at radius 2 is 2.18 bits per heavy atom. The van der Waals surface area contributed by atoms with Crippen molar-refractivity contribution in [2.75, 3.05) is 32.1 Å². The minimum absolute atomic E-state index is 0.0300. The Kier molecular flexibility index (Phi) is 5.33. The van der Waals surface area contributed by atoms with E-state index in [-0.39, 0.29) is 25.0 Å². The van der Waals surface area contributed by atoms with Crippen LogP contribution in [0.25, 0.3) is 0 Å². The third kappa shape index (κ3) is 5.78. The fourth-order valence-electron chi connectivity index (χ4n) is 1.47. The average molecular weight is 267 g/mol. The molecule has 6 nitrogen and oxygen atoms in total. The SMILES string of the molecule is CCOCCS(=O)(=O)NCC1COC(C)(C)O1. The second-order valence-corrected chi connectivity index (χ2v) is 6.24. The van der Waals surface area contributed by atoms with Crippen LogP contribution in [0.2, 0.25) is 0 Å². The second kappa shape index (κ2) is 6.10. The van der Waals surface area contributed by atoms with Gasteiger partial charge in [-0.3, -0.25) is 0 Å². The zero-order valence-electron chi connectivity index (χ0n) is 10.6. The maximum atomic E-state index is 11.5. The molecular formula is C10H21NO5S. The molecule has 0 aromatic heterocycles. The first-order valence-electron chi connectivity index (χ1n) is 5.71. The van der Waals surface area contributed by atoms with Crippen molar-refractivity contribution < 1.29 is 22.6 Å². The first kappa shape index (κ1) is 14.8. The molecule has 0 aromatic carbocycles. The molecule has 7 heteroatoms. The minimum Gasteiger partial charge on any atom is -0.381 e. The summed E-state index contributed by atoms with van der Waals surface area (Å²) >= 11 is 0. The zero-order chi connectivity index (χ0) is 12.9. The van der Waals surface area contributed by atoms with E-state index in [1.807, 2.05) is 6.92 Å². The molecule has 1 saturated heterocycles. The maximum absolute atomic E-state index is 11.5. The second-order valence-electron chi connectivity index (χ2n) is 4.31. The highest BCUT2D eigenvalue weighted by atomic mass is 32.2. The Balaban J connectivity index is 2.26. The summed E-state index contributed by atoms with van der Waals surface area (Å²) in [5, 5.41) is 0. The number of rotatable bonds is 7. The van der Waals surface area contributed by atoms with Crippen LogP contribution in [-0.4, -0.2) is 52.4 Å². The van der Waals surface area contributed by atoms with E-state index in [2.05, 4.69) is 4.72 Å². The van der Waals surface area contributed by atoms with Gasteiger partial charge in [0.2, 0.25) is 10.0 Å². The van der Waals surface area contributed by atoms with Gasteiger partial charge in [0.05, 0.1) is 25.1 Å². The van der Waals surface area contributed by atoms with Crippen LogP contribution in [0.4, 0.5) is 0 Å². The van der Waals surface area contributed by atoms with Crippen LogP contribution in [0.5, 0.6) is 0 Å². The number of ether oxygens (including phenoxy) is 3. The van der Waals surface area contributed by atoms with Gasteiger partial charge in [0.1, 0.15) is 0 Å². The normalized spacial score (nSPS) is 24.1. The van der Waals surface area contributed by atoms with Crippen molar-refractivity contribution in [1.82, 2.24) is 4.72 Å². The molecule has 0 aliphatic carbocycles. The van der Waals surface area contributed by atoms with Gasteiger partial charge < -0.3 is 14.2 Å². The van der Waals surface area contributed by atoms with Gasteiger partial charge in [-0.25, -0.2) is 13.1 Å². The zero-order valence-corrected chi connectivity index (χ0v) is 11.4. The van der Waals surface area contributed by atoms with Crippen molar-refractivity contribution >= 4 is 10.0 Å². The molecule has 0 spiro atoms. The molecule has 1 fully saturated rings. The van der Waals surface area contributed by atoms with Gasteiger partial charge >= 0.3 is 0 Å². The Labute approximate surface area is 103 Å². The van der Waals surface area contributed by atoms with Gasteiger partial charge in [-0.1, -0.05) is 0 Å². The minimum atomic E-state index is -3.29. The highest BCUT2D eigenvalue weighted by Crippen LogP contribution is 2.21.